The average Bonchev–Trinajstić information content (AvgIpc) is 3.01. The fourth-order valence-electron chi connectivity index (χ4n) is 2.45. The van der Waals surface area contributed by atoms with Gasteiger partial charge in [-0.3, -0.25) is 9.36 Å². The Morgan fingerprint density at radius 1 is 1.47 bits per heavy atom. The van der Waals surface area contributed by atoms with Gasteiger partial charge in [-0.2, -0.15) is 0 Å². The van der Waals surface area contributed by atoms with Crippen LogP contribution < -0.4 is 5.56 Å². The molecule has 2 heterocycles. The second kappa shape index (κ2) is 4.57. The van der Waals surface area contributed by atoms with Crippen molar-refractivity contribution in [1.29, 1.82) is 0 Å². The first-order valence-electron chi connectivity index (χ1n) is 6.05. The lowest BCUT2D eigenvalue weighted by atomic mass is 10.2. The van der Waals surface area contributed by atoms with Gasteiger partial charge in [0, 0.05) is 7.11 Å². The molecular formula is C12H15N3O2S2. The Labute approximate surface area is 119 Å². The number of hydrogen-bond donors (Lipinski definition) is 0. The van der Waals surface area contributed by atoms with Gasteiger partial charge in [0.05, 0.1) is 12.1 Å². The van der Waals surface area contributed by atoms with E-state index in [1.54, 1.807) is 23.4 Å². The van der Waals surface area contributed by atoms with Crippen molar-refractivity contribution in [3.05, 3.63) is 16.2 Å². The van der Waals surface area contributed by atoms with Crippen LogP contribution in [0, 0.1) is 6.92 Å². The maximum absolute atomic E-state index is 12.6. The zero-order chi connectivity index (χ0) is 13.6. The number of hydrogen-bond acceptors (Lipinski definition) is 6. The third-order valence-electron chi connectivity index (χ3n) is 3.47. The van der Waals surface area contributed by atoms with E-state index in [-0.39, 0.29) is 11.1 Å². The second-order valence-corrected chi connectivity index (χ2v) is 6.83. The van der Waals surface area contributed by atoms with Gasteiger partial charge in [0.15, 0.2) is 14.7 Å². The van der Waals surface area contributed by atoms with Crippen molar-refractivity contribution in [3.8, 4) is 0 Å². The molecule has 5 nitrogen and oxygen atoms in total. The van der Waals surface area contributed by atoms with Gasteiger partial charge in [0.1, 0.15) is 5.82 Å². The van der Waals surface area contributed by atoms with Gasteiger partial charge < -0.3 is 4.74 Å². The van der Waals surface area contributed by atoms with Crippen LogP contribution in [0.1, 0.15) is 18.7 Å². The van der Waals surface area contributed by atoms with Gasteiger partial charge in [-0.15, -0.1) is 0 Å². The van der Waals surface area contributed by atoms with Crippen LogP contribution in [0.4, 0.5) is 0 Å². The fourth-order valence-corrected chi connectivity index (χ4v) is 3.91. The maximum Gasteiger partial charge on any atom is 0.281 e. The van der Waals surface area contributed by atoms with Crippen molar-refractivity contribution in [3.63, 3.8) is 0 Å². The Bertz CT molecular complexity index is 688. The molecule has 0 aromatic carbocycles. The molecule has 1 aliphatic carbocycles. The fraction of sp³-hybridized carbons (Fsp3) is 0.583. The molecule has 19 heavy (non-hydrogen) atoms. The average molecular weight is 297 g/mol. The van der Waals surface area contributed by atoms with Crippen molar-refractivity contribution in [2.45, 2.75) is 29.6 Å². The van der Waals surface area contributed by atoms with Crippen LogP contribution in [-0.4, -0.2) is 34.5 Å². The molecule has 0 amide bonds. The van der Waals surface area contributed by atoms with Crippen LogP contribution in [0.25, 0.3) is 10.3 Å². The Hall–Kier alpha value is -0.920. The van der Waals surface area contributed by atoms with Gasteiger partial charge >= 0.3 is 0 Å². The highest BCUT2D eigenvalue weighted by Crippen LogP contribution is 2.43. The summed E-state index contributed by atoms with van der Waals surface area (Å²) in [5.41, 5.74) is 0.260. The molecule has 0 bridgehead atoms. The van der Waals surface area contributed by atoms with E-state index in [1.807, 2.05) is 13.2 Å². The number of thiazole rings is 1. The lowest BCUT2D eigenvalue weighted by molar-refractivity contribution is 0.140. The van der Waals surface area contributed by atoms with E-state index in [0.29, 0.717) is 12.1 Å². The van der Waals surface area contributed by atoms with Gasteiger partial charge in [0.25, 0.3) is 5.56 Å². The zero-order valence-corrected chi connectivity index (χ0v) is 12.7. The second-order valence-electron chi connectivity index (χ2n) is 4.79. The van der Waals surface area contributed by atoms with E-state index in [2.05, 4.69) is 9.97 Å². The molecule has 0 spiro atoms. The van der Waals surface area contributed by atoms with E-state index >= 15 is 0 Å². The molecule has 0 N–H and O–H groups in total. The minimum Gasteiger partial charge on any atom is -0.382 e. The van der Waals surface area contributed by atoms with E-state index in [9.17, 15) is 4.79 Å². The molecule has 2 aromatic heterocycles. The third kappa shape index (κ3) is 2.00. The maximum atomic E-state index is 12.6. The van der Waals surface area contributed by atoms with Crippen molar-refractivity contribution in [2.75, 3.05) is 20.0 Å². The van der Waals surface area contributed by atoms with Gasteiger partial charge in [-0.05, 0) is 26.0 Å². The van der Waals surface area contributed by atoms with Crippen molar-refractivity contribution in [1.82, 2.24) is 14.5 Å². The molecule has 1 saturated carbocycles. The number of rotatable bonds is 4. The van der Waals surface area contributed by atoms with Crippen molar-refractivity contribution < 1.29 is 4.74 Å². The number of nitrogens with zero attached hydrogens (tertiary/aromatic N) is 3. The number of ether oxygens (including phenoxy) is 1. The molecule has 0 aliphatic heterocycles. The summed E-state index contributed by atoms with van der Waals surface area (Å²) in [4.78, 5) is 22.3. The highest BCUT2D eigenvalue weighted by Gasteiger charge is 2.46. The Morgan fingerprint density at radius 2 is 2.21 bits per heavy atom. The number of aromatic nitrogens is 3. The molecule has 0 saturated heterocycles. The lowest BCUT2D eigenvalue weighted by Gasteiger charge is -2.19. The molecule has 1 fully saturated rings. The highest BCUT2D eigenvalue weighted by molar-refractivity contribution is 8.00. The normalized spacial score (nSPS) is 17.0. The first-order chi connectivity index (χ1) is 9.11. The first-order valence-corrected chi connectivity index (χ1v) is 8.09. The number of thioether (sulfide) groups is 1. The quantitative estimate of drug-likeness (QED) is 0.808. The summed E-state index contributed by atoms with van der Waals surface area (Å²) in [6, 6.07) is 0. The van der Waals surface area contributed by atoms with Crippen LogP contribution in [0.3, 0.4) is 0 Å². The minimum atomic E-state index is -0.194. The summed E-state index contributed by atoms with van der Waals surface area (Å²) in [6.07, 6.45) is 3.89. The molecule has 0 atom stereocenters. The van der Waals surface area contributed by atoms with Gasteiger partial charge in [0.2, 0.25) is 0 Å². The third-order valence-corrected chi connectivity index (χ3v) is 5.41. The SMILES string of the molecule is COCC1(n2c(C)nc3sc(SC)nc3c2=O)CC1. The molecular weight excluding hydrogens is 282 g/mol. The van der Waals surface area contributed by atoms with Crippen molar-refractivity contribution in [2.24, 2.45) is 0 Å². The zero-order valence-electron chi connectivity index (χ0n) is 11.1. The Kier molecular flexibility index (Phi) is 3.15. The van der Waals surface area contributed by atoms with Crippen LogP contribution in [0.2, 0.25) is 0 Å². The predicted molar refractivity (Wildman–Crippen MR) is 77.3 cm³/mol. The van der Waals surface area contributed by atoms with Crippen LogP contribution in [0.15, 0.2) is 9.13 Å². The Morgan fingerprint density at radius 3 is 2.79 bits per heavy atom. The van der Waals surface area contributed by atoms with Crippen LogP contribution in [0.5, 0.6) is 0 Å². The monoisotopic (exact) mass is 297 g/mol. The van der Waals surface area contributed by atoms with Crippen LogP contribution in [-0.2, 0) is 10.3 Å². The minimum absolute atomic E-state index is 0.0337. The van der Waals surface area contributed by atoms with E-state index < -0.39 is 0 Å². The summed E-state index contributed by atoms with van der Waals surface area (Å²) in [5.74, 6) is 0.753. The topological polar surface area (TPSA) is 57.0 Å². The summed E-state index contributed by atoms with van der Waals surface area (Å²) in [5, 5.41) is 0. The number of aryl methyl sites for hydroxylation is 1. The van der Waals surface area contributed by atoms with Crippen molar-refractivity contribution >= 4 is 33.4 Å². The summed E-state index contributed by atoms with van der Waals surface area (Å²) >= 11 is 3.02. The smallest absolute Gasteiger partial charge is 0.281 e. The summed E-state index contributed by atoms with van der Waals surface area (Å²) < 4.78 is 7.93. The standard InChI is InChI=1S/C12H15N3O2S2/c1-7-13-9-8(14-11(18-3)19-9)10(16)15(7)12(4-5-12)6-17-2/h4-6H2,1-3H3. The van der Waals surface area contributed by atoms with E-state index in [1.165, 1.54) is 11.3 Å². The van der Waals surface area contributed by atoms with Gasteiger partial charge in [-0.25, -0.2) is 9.97 Å². The predicted octanol–water partition coefficient (Wildman–Crippen LogP) is 2.02. The molecule has 0 radical (unpaired) electrons. The highest BCUT2D eigenvalue weighted by atomic mass is 32.2. The first kappa shape index (κ1) is 13.1. The summed E-state index contributed by atoms with van der Waals surface area (Å²) in [7, 11) is 1.67. The lowest BCUT2D eigenvalue weighted by Crippen LogP contribution is -2.36. The molecule has 2 aromatic rings. The molecule has 3 rings (SSSR count). The Balaban J connectivity index is 2.23. The van der Waals surface area contributed by atoms with Crippen LogP contribution >= 0.6 is 23.1 Å². The largest absolute Gasteiger partial charge is 0.382 e. The molecule has 0 unspecified atom stereocenters. The summed E-state index contributed by atoms with van der Waals surface area (Å²) in [6.45, 7) is 2.44. The van der Waals surface area contributed by atoms with Gasteiger partial charge in [-0.1, -0.05) is 23.1 Å². The molecule has 102 valence electrons. The van der Waals surface area contributed by atoms with E-state index in [0.717, 1.165) is 27.8 Å². The molecule has 7 heteroatoms. The van der Waals surface area contributed by atoms with E-state index in [4.69, 9.17) is 4.74 Å². The molecule has 1 aliphatic rings. The number of methoxy groups -OCH3 is 1. The number of fused-ring (bicyclic) bond motifs is 1.